The molecule has 0 aliphatic carbocycles. The summed E-state index contributed by atoms with van der Waals surface area (Å²) in [6.45, 7) is 2.05. The molecule has 0 fully saturated rings. The number of hydrogen-bond acceptors (Lipinski definition) is 5. The topological polar surface area (TPSA) is 81.7 Å². The van der Waals surface area contributed by atoms with E-state index in [-0.39, 0.29) is 6.61 Å². The maximum absolute atomic E-state index is 10.3. The third kappa shape index (κ3) is 5.55. The van der Waals surface area contributed by atoms with Crippen LogP contribution in [0, 0.1) is 0 Å². The highest BCUT2D eigenvalue weighted by molar-refractivity contribution is 5.82. The van der Waals surface area contributed by atoms with E-state index in [1.807, 2.05) is 72.8 Å². The van der Waals surface area contributed by atoms with E-state index in [0.717, 1.165) is 69.8 Å². The van der Waals surface area contributed by atoms with Gasteiger partial charge in [0.1, 0.15) is 5.82 Å². The van der Waals surface area contributed by atoms with Crippen LogP contribution in [-0.2, 0) is 18.6 Å². The predicted molar refractivity (Wildman–Crippen MR) is 185 cm³/mol. The van der Waals surface area contributed by atoms with Crippen LogP contribution in [0.25, 0.3) is 28.2 Å². The van der Waals surface area contributed by atoms with E-state index in [1.165, 1.54) is 0 Å². The van der Waals surface area contributed by atoms with Gasteiger partial charge in [0, 0.05) is 17.7 Å². The van der Waals surface area contributed by atoms with Crippen molar-refractivity contribution >= 4 is 0 Å². The van der Waals surface area contributed by atoms with Gasteiger partial charge in [-0.1, -0.05) is 141 Å². The van der Waals surface area contributed by atoms with E-state index in [9.17, 15) is 5.11 Å². The summed E-state index contributed by atoms with van der Waals surface area (Å²) in [5.74, 6) is 1.42. The zero-order chi connectivity index (χ0) is 32.1. The summed E-state index contributed by atoms with van der Waals surface area (Å²) in [7, 11) is 0. The maximum Gasteiger partial charge on any atom is 0.205 e. The number of nitrogens with zero attached hydrogens (tertiary/aromatic N) is 6. The van der Waals surface area contributed by atoms with Gasteiger partial charge in [0.05, 0.1) is 18.5 Å². The van der Waals surface area contributed by atoms with Crippen LogP contribution in [0.3, 0.4) is 0 Å². The van der Waals surface area contributed by atoms with Gasteiger partial charge in [0.2, 0.25) is 5.82 Å². The minimum atomic E-state index is -0.888. The second kappa shape index (κ2) is 13.4. The van der Waals surface area contributed by atoms with Crippen LogP contribution in [0.1, 0.15) is 48.0 Å². The summed E-state index contributed by atoms with van der Waals surface area (Å²) in [5.41, 5.74) is 6.67. The lowest BCUT2D eigenvalue weighted by atomic mass is 9.77. The number of tetrazole rings is 1. The van der Waals surface area contributed by atoms with Crippen LogP contribution >= 0.6 is 0 Å². The third-order valence-electron chi connectivity index (χ3n) is 8.70. The van der Waals surface area contributed by atoms with E-state index >= 15 is 0 Å². The van der Waals surface area contributed by atoms with Crippen molar-refractivity contribution in [1.29, 1.82) is 0 Å². The molecule has 1 N–H and O–H groups in total. The Morgan fingerprint density at radius 3 is 1.81 bits per heavy atom. The summed E-state index contributed by atoms with van der Waals surface area (Å²) >= 11 is 0. The lowest BCUT2D eigenvalue weighted by Gasteiger charge is -2.34. The zero-order valence-corrected chi connectivity index (χ0v) is 26.3. The molecule has 47 heavy (non-hydrogen) atoms. The van der Waals surface area contributed by atoms with Gasteiger partial charge in [-0.15, -0.1) is 15.0 Å². The van der Waals surface area contributed by atoms with E-state index in [2.05, 4.69) is 83.2 Å². The van der Waals surface area contributed by atoms with E-state index in [4.69, 9.17) is 15.4 Å². The summed E-state index contributed by atoms with van der Waals surface area (Å²) in [4.78, 5) is 6.43. The smallest absolute Gasteiger partial charge is 0.205 e. The summed E-state index contributed by atoms with van der Waals surface area (Å²) in [6, 6.07) is 47.6. The molecule has 2 heterocycles. The summed E-state index contributed by atoms with van der Waals surface area (Å²) < 4.78 is 2.06. The molecule has 0 radical (unpaired) electrons. The Kier molecular flexibility index (Phi) is 8.54. The summed E-state index contributed by atoms with van der Waals surface area (Å²) in [6.07, 6.45) is 4.64. The minimum absolute atomic E-state index is 0.114. The largest absolute Gasteiger partial charge is 0.390 e. The number of unbranched alkanes of at least 4 members (excludes halogenated alkanes) is 1. The van der Waals surface area contributed by atoms with Crippen molar-refractivity contribution < 1.29 is 5.11 Å². The molecule has 0 saturated carbocycles. The molecule has 0 saturated heterocycles. The molecule has 0 aliphatic rings. The van der Waals surface area contributed by atoms with Gasteiger partial charge in [-0.3, -0.25) is 4.57 Å². The van der Waals surface area contributed by atoms with Gasteiger partial charge >= 0.3 is 0 Å². The number of imidazole rings is 1. The first-order valence-electron chi connectivity index (χ1n) is 16.1. The van der Waals surface area contributed by atoms with Crippen LogP contribution < -0.4 is 0 Å². The first kappa shape index (κ1) is 30.0. The van der Waals surface area contributed by atoms with Gasteiger partial charge in [-0.25, -0.2) is 4.98 Å². The normalized spacial score (nSPS) is 11.5. The second-order valence-electron chi connectivity index (χ2n) is 11.6. The molecule has 0 spiro atoms. The number of rotatable bonds is 11. The van der Waals surface area contributed by atoms with E-state index in [0.29, 0.717) is 5.82 Å². The average Bonchev–Trinajstić information content (AvgIpc) is 3.81. The van der Waals surface area contributed by atoms with Crippen LogP contribution in [0.4, 0.5) is 0 Å². The van der Waals surface area contributed by atoms with Crippen LogP contribution in [0.15, 0.2) is 146 Å². The minimum Gasteiger partial charge on any atom is -0.390 e. The number of aliphatic hydroxyl groups excluding tert-OH is 1. The fraction of sp³-hybridized carbons (Fsp3) is 0.150. The average molecular weight is 617 g/mol. The molecule has 0 aliphatic heterocycles. The lowest BCUT2D eigenvalue weighted by molar-refractivity contribution is 0.274. The second-order valence-corrected chi connectivity index (χ2v) is 11.6. The molecule has 7 aromatic rings. The van der Waals surface area contributed by atoms with Crippen LogP contribution in [0.5, 0.6) is 0 Å². The number of hydrogen-bond donors (Lipinski definition) is 1. The Morgan fingerprint density at radius 2 is 1.26 bits per heavy atom. The predicted octanol–water partition coefficient (Wildman–Crippen LogP) is 7.87. The van der Waals surface area contributed by atoms with Crippen molar-refractivity contribution in [3.05, 3.63) is 174 Å². The fourth-order valence-corrected chi connectivity index (χ4v) is 6.44. The van der Waals surface area contributed by atoms with Crippen LogP contribution in [0.2, 0.25) is 0 Å². The number of aryl methyl sites for hydroxylation is 1. The molecule has 7 rings (SSSR count). The van der Waals surface area contributed by atoms with Crippen molar-refractivity contribution in [1.82, 2.24) is 29.8 Å². The first-order chi connectivity index (χ1) is 23.2. The first-order valence-corrected chi connectivity index (χ1v) is 16.1. The quantitative estimate of drug-likeness (QED) is 0.150. The fourth-order valence-electron chi connectivity index (χ4n) is 6.44. The number of aliphatic hydroxyl groups is 1. The monoisotopic (exact) mass is 616 g/mol. The van der Waals surface area contributed by atoms with Crippen LogP contribution in [-0.4, -0.2) is 34.9 Å². The zero-order valence-electron chi connectivity index (χ0n) is 26.3. The van der Waals surface area contributed by atoms with Gasteiger partial charge in [0.15, 0.2) is 5.54 Å². The molecule has 232 valence electrons. The molecule has 0 unspecified atom stereocenters. The van der Waals surface area contributed by atoms with Gasteiger partial charge < -0.3 is 5.11 Å². The Labute approximate surface area is 274 Å². The molecular weight excluding hydrogens is 580 g/mol. The van der Waals surface area contributed by atoms with Crippen molar-refractivity contribution in [2.75, 3.05) is 0 Å². The Hall–Kier alpha value is -5.66. The molecule has 7 nitrogen and oxygen atoms in total. The standard InChI is InChI=1S/C40H36N6O/c1-2-3-24-38-41-28-35(29-47)45(38)34-25-26-36(30-16-8-4-9-17-30)37(27-34)39-42-44-46(43-39)40(31-18-10-5-11-19-31,32-20-12-6-13-21-32)33-22-14-7-15-23-33/h4-23,25-28,47H,2-3,24,29H2,1H3. The van der Waals surface area contributed by atoms with Gasteiger partial charge in [0.25, 0.3) is 0 Å². The van der Waals surface area contributed by atoms with E-state index in [1.54, 1.807) is 11.0 Å². The summed E-state index contributed by atoms with van der Waals surface area (Å²) in [5, 5.41) is 25.1. The van der Waals surface area contributed by atoms with Crippen molar-refractivity contribution in [2.45, 2.75) is 38.3 Å². The molecule has 7 heteroatoms. The third-order valence-corrected chi connectivity index (χ3v) is 8.70. The van der Waals surface area contributed by atoms with E-state index < -0.39 is 5.54 Å². The maximum atomic E-state index is 10.3. The molecular formula is C40H36N6O. The molecule has 2 aromatic heterocycles. The SMILES string of the molecule is CCCCc1ncc(CO)n1-c1ccc(-c2ccccc2)c(-c2nnn(C(c3ccccc3)(c3ccccc3)c3ccccc3)n2)c1. The van der Waals surface area contributed by atoms with Gasteiger partial charge in [-0.2, -0.15) is 0 Å². The Balaban J connectivity index is 1.47. The molecule has 0 atom stereocenters. The van der Waals surface area contributed by atoms with Crippen molar-refractivity contribution in [2.24, 2.45) is 0 Å². The van der Waals surface area contributed by atoms with Crippen molar-refractivity contribution in [3.8, 4) is 28.2 Å². The molecule has 0 amide bonds. The number of aromatic nitrogens is 6. The highest BCUT2D eigenvalue weighted by atomic mass is 16.3. The highest BCUT2D eigenvalue weighted by Gasteiger charge is 2.41. The lowest BCUT2D eigenvalue weighted by Crippen LogP contribution is -2.39. The molecule has 5 aromatic carbocycles. The molecule has 0 bridgehead atoms. The Morgan fingerprint density at radius 1 is 0.681 bits per heavy atom. The Bertz CT molecular complexity index is 1960. The number of benzene rings is 5. The van der Waals surface area contributed by atoms with Crippen molar-refractivity contribution in [3.63, 3.8) is 0 Å². The highest BCUT2D eigenvalue weighted by Crippen LogP contribution is 2.40. The van der Waals surface area contributed by atoms with Gasteiger partial charge in [-0.05, 0) is 51.6 Å².